The van der Waals surface area contributed by atoms with Gasteiger partial charge in [0.15, 0.2) is 0 Å². The van der Waals surface area contributed by atoms with E-state index in [2.05, 4.69) is 10.2 Å². The maximum absolute atomic E-state index is 13.3. The highest BCUT2D eigenvalue weighted by atomic mass is 16.5. The second-order valence-electron chi connectivity index (χ2n) is 7.41. The molecular formula is C23H25N3O4. The molecule has 1 unspecified atom stereocenters. The second-order valence-corrected chi connectivity index (χ2v) is 7.41. The van der Waals surface area contributed by atoms with Gasteiger partial charge in [-0.1, -0.05) is 0 Å². The highest BCUT2D eigenvalue weighted by Gasteiger charge is 2.44. The van der Waals surface area contributed by atoms with E-state index in [4.69, 9.17) is 14.2 Å². The average molecular weight is 407 g/mol. The lowest BCUT2D eigenvalue weighted by molar-refractivity contribution is 0.0686. The summed E-state index contributed by atoms with van der Waals surface area (Å²) in [4.78, 5) is 15.1. The van der Waals surface area contributed by atoms with Crippen molar-refractivity contribution in [2.75, 3.05) is 21.3 Å². The molecule has 0 spiro atoms. The van der Waals surface area contributed by atoms with Crippen LogP contribution in [0.5, 0.6) is 17.2 Å². The van der Waals surface area contributed by atoms with Gasteiger partial charge in [-0.2, -0.15) is 5.10 Å². The third-order valence-electron chi connectivity index (χ3n) is 5.46. The Morgan fingerprint density at radius 2 is 1.63 bits per heavy atom. The molecule has 1 aliphatic heterocycles. The minimum atomic E-state index is -0.329. The summed E-state index contributed by atoms with van der Waals surface area (Å²) in [6, 6.07) is 13.0. The predicted octanol–water partition coefficient (Wildman–Crippen LogP) is 4.06. The zero-order chi connectivity index (χ0) is 21.4. The molecule has 1 N–H and O–H groups in total. The summed E-state index contributed by atoms with van der Waals surface area (Å²) in [5, 5.41) is 7.46. The molecule has 1 aromatic heterocycles. The molecule has 3 aromatic rings. The quantitative estimate of drug-likeness (QED) is 0.667. The Morgan fingerprint density at radius 3 is 2.23 bits per heavy atom. The number of carbonyl (C=O) groups excluding carboxylic acids is 1. The van der Waals surface area contributed by atoms with Crippen LogP contribution in [0.3, 0.4) is 0 Å². The lowest BCUT2D eigenvalue weighted by Gasteiger charge is -2.30. The van der Waals surface area contributed by atoms with E-state index in [1.54, 1.807) is 21.3 Å². The first-order chi connectivity index (χ1) is 14.5. The zero-order valence-corrected chi connectivity index (χ0v) is 17.7. The fourth-order valence-electron chi connectivity index (χ4n) is 4.02. The number of hydrogen-bond acceptors (Lipinski definition) is 5. The summed E-state index contributed by atoms with van der Waals surface area (Å²) >= 11 is 0. The number of benzene rings is 2. The number of ether oxygens (including phenoxy) is 3. The Labute approximate surface area is 175 Å². The predicted molar refractivity (Wildman–Crippen MR) is 113 cm³/mol. The minimum absolute atomic E-state index is 0.0150. The van der Waals surface area contributed by atoms with Gasteiger partial charge in [-0.25, -0.2) is 0 Å². The molecule has 0 bridgehead atoms. The summed E-state index contributed by atoms with van der Waals surface area (Å²) in [5.74, 6) is 2.04. The number of rotatable bonds is 6. The number of nitrogens with zero attached hydrogens (tertiary/aromatic N) is 2. The molecular weight excluding hydrogens is 382 g/mol. The summed E-state index contributed by atoms with van der Waals surface area (Å²) in [6.07, 6.45) is 0. The first kappa shape index (κ1) is 19.8. The van der Waals surface area contributed by atoms with E-state index in [0.29, 0.717) is 17.2 Å². The Hall–Kier alpha value is -3.48. The Morgan fingerprint density at radius 1 is 0.967 bits per heavy atom. The molecule has 0 aliphatic carbocycles. The number of hydrogen-bond donors (Lipinski definition) is 1. The van der Waals surface area contributed by atoms with Crippen LogP contribution >= 0.6 is 0 Å². The smallest absolute Gasteiger partial charge is 0.273 e. The maximum atomic E-state index is 13.3. The molecule has 0 fully saturated rings. The first-order valence-corrected chi connectivity index (χ1v) is 9.77. The molecule has 1 amide bonds. The van der Waals surface area contributed by atoms with Gasteiger partial charge in [-0.05, 0) is 50.2 Å². The van der Waals surface area contributed by atoms with Crippen molar-refractivity contribution in [3.63, 3.8) is 0 Å². The SMILES string of the molecule is COc1ccc(-c2n[nH]c3c2C(c2ccc(OC)cc2OC)N(C(C)C)C3=O)cc1. The van der Waals surface area contributed by atoms with Crippen LogP contribution in [0.15, 0.2) is 42.5 Å². The minimum Gasteiger partial charge on any atom is -0.497 e. The van der Waals surface area contributed by atoms with Crippen molar-refractivity contribution in [3.05, 3.63) is 59.3 Å². The van der Waals surface area contributed by atoms with Crippen molar-refractivity contribution in [2.24, 2.45) is 0 Å². The second kappa shape index (κ2) is 7.74. The summed E-state index contributed by atoms with van der Waals surface area (Å²) in [6.45, 7) is 4.01. The highest BCUT2D eigenvalue weighted by molar-refractivity contribution is 6.00. The number of carbonyl (C=O) groups is 1. The molecule has 7 nitrogen and oxygen atoms in total. The van der Waals surface area contributed by atoms with E-state index in [1.165, 1.54) is 0 Å². The number of H-pyrrole nitrogens is 1. The summed E-state index contributed by atoms with van der Waals surface area (Å²) < 4.78 is 16.3. The number of amides is 1. The fourth-order valence-corrected chi connectivity index (χ4v) is 4.02. The molecule has 30 heavy (non-hydrogen) atoms. The van der Waals surface area contributed by atoms with Crippen LogP contribution in [0.25, 0.3) is 11.3 Å². The Balaban J connectivity index is 1.91. The van der Waals surface area contributed by atoms with Crippen LogP contribution in [0.1, 0.15) is 41.5 Å². The van der Waals surface area contributed by atoms with Gasteiger partial charge in [0.05, 0.1) is 33.1 Å². The lowest BCUT2D eigenvalue weighted by Crippen LogP contribution is -2.35. The maximum Gasteiger partial charge on any atom is 0.273 e. The number of fused-ring (bicyclic) bond motifs is 1. The van der Waals surface area contributed by atoms with Gasteiger partial charge in [-0.3, -0.25) is 9.89 Å². The van der Waals surface area contributed by atoms with E-state index in [1.807, 2.05) is 61.2 Å². The molecule has 156 valence electrons. The van der Waals surface area contributed by atoms with Gasteiger partial charge in [-0.15, -0.1) is 0 Å². The topological polar surface area (TPSA) is 76.7 Å². The van der Waals surface area contributed by atoms with Crippen LogP contribution in [-0.2, 0) is 0 Å². The number of aromatic nitrogens is 2. The average Bonchev–Trinajstić information content (AvgIpc) is 3.32. The molecule has 4 rings (SSSR count). The third kappa shape index (κ3) is 3.07. The van der Waals surface area contributed by atoms with E-state index in [9.17, 15) is 4.79 Å². The summed E-state index contributed by atoms with van der Waals surface area (Å²) in [5.41, 5.74) is 3.89. The van der Waals surface area contributed by atoms with Crippen molar-refractivity contribution in [3.8, 4) is 28.5 Å². The number of methoxy groups -OCH3 is 3. The van der Waals surface area contributed by atoms with Crippen LogP contribution < -0.4 is 14.2 Å². The van der Waals surface area contributed by atoms with Crippen molar-refractivity contribution < 1.29 is 19.0 Å². The molecule has 1 atom stereocenters. The fraction of sp³-hybridized carbons (Fsp3) is 0.304. The van der Waals surface area contributed by atoms with Crippen LogP contribution in [-0.4, -0.2) is 48.4 Å². The Kier molecular flexibility index (Phi) is 5.11. The van der Waals surface area contributed by atoms with E-state index >= 15 is 0 Å². The monoisotopic (exact) mass is 407 g/mol. The van der Waals surface area contributed by atoms with Gasteiger partial charge in [0.2, 0.25) is 0 Å². The summed E-state index contributed by atoms with van der Waals surface area (Å²) in [7, 11) is 4.87. The molecule has 2 aromatic carbocycles. The van der Waals surface area contributed by atoms with Crippen molar-refractivity contribution in [1.82, 2.24) is 15.1 Å². The lowest BCUT2D eigenvalue weighted by atomic mass is 9.94. The van der Waals surface area contributed by atoms with Crippen LogP contribution in [0, 0.1) is 0 Å². The molecule has 7 heteroatoms. The van der Waals surface area contributed by atoms with E-state index in [0.717, 1.165) is 28.1 Å². The van der Waals surface area contributed by atoms with E-state index < -0.39 is 0 Å². The number of nitrogens with one attached hydrogen (secondary N) is 1. The third-order valence-corrected chi connectivity index (χ3v) is 5.46. The van der Waals surface area contributed by atoms with Gasteiger partial charge in [0.1, 0.15) is 22.9 Å². The highest BCUT2D eigenvalue weighted by Crippen LogP contribution is 2.46. The number of aromatic amines is 1. The van der Waals surface area contributed by atoms with Crippen LogP contribution in [0.2, 0.25) is 0 Å². The van der Waals surface area contributed by atoms with Crippen molar-refractivity contribution in [1.29, 1.82) is 0 Å². The van der Waals surface area contributed by atoms with Gasteiger partial charge < -0.3 is 19.1 Å². The van der Waals surface area contributed by atoms with Gasteiger partial charge in [0.25, 0.3) is 5.91 Å². The Bertz CT molecular complexity index is 1070. The molecule has 0 saturated carbocycles. The largest absolute Gasteiger partial charge is 0.497 e. The van der Waals surface area contributed by atoms with Gasteiger partial charge >= 0.3 is 0 Å². The van der Waals surface area contributed by atoms with Gasteiger partial charge in [0, 0.05) is 28.8 Å². The van der Waals surface area contributed by atoms with E-state index in [-0.39, 0.29) is 18.0 Å². The molecule has 0 radical (unpaired) electrons. The van der Waals surface area contributed by atoms with Crippen molar-refractivity contribution in [2.45, 2.75) is 25.9 Å². The molecule has 0 saturated heterocycles. The standard InChI is InChI=1S/C23H25N3O4/c1-13(2)26-22(17-11-10-16(29-4)12-18(17)30-5)19-20(24-25-21(19)23(26)27)14-6-8-15(28-3)9-7-14/h6-13,22H,1-5H3,(H,24,25). The van der Waals surface area contributed by atoms with Crippen molar-refractivity contribution >= 4 is 5.91 Å². The zero-order valence-electron chi connectivity index (χ0n) is 17.7. The molecule has 1 aliphatic rings. The molecule has 2 heterocycles. The first-order valence-electron chi connectivity index (χ1n) is 9.77. The van der Waals surface area contributed by atoms with Crippen LogP contribution in [0.4, 0.5) is 0 Å². The normalized spacial score (nSPS) is 15.5.